The van der Waals surface area contributed by atoms with Gasteiger partial charge in [0, 0.05) is 10.5 Å². The minimum atomic E-state index is -0.918. The van der Waals surface area contributed by atoms with E-state index in [0.29, 0.717) is 11.4 Å². The van der Waals surface area contributed by atoms with Crippen molar-refractivity contribution in [2.75, 3.05) is 5.75 Å². The number of nitrogens with zero attached hydrogens (tertiary/aromatic N) is 2. The molecule has 2 heterocycles. The number of benzene rings is 1. The first kappa shape index (κ1) is 17.5. The third-order valence-corrected chi connectivity index (χ3v) is 5.47. The van der Waals surface area contributed by atoms with Gasteiger partial charge in [0.2, 0.25) is 0 Å². The van der Waals surface area contributed by atoms with E-state index in [2.05, 4.69) is 54.9 Å². The van der Waals surface area contributed by atoms with Gasteiger partial charge in [-0.3, -0.25) is 4.79 Å². The summed E-state index contributed by atoms with van der Waals surface area (Å²) in [6, 6.07) is 7.80. The van der Waals surface area contributed by atoms with E-state index in [1.54, 1.807) is 12.1 Å². The van der Waals surface area contributed by atoms with Crippen LogP contribution in [-0.4, -0.2) is 27.0 Å². The fourth-order valence-electron chi connectivity index (χ4n) is 2.82. The topological polar surface area (TPSA) is 63.1 Å². The molecule has 1 N–H and O–H groups in total. The highest BCUT2D eigenvalue weighted by Crippen LogP contribution is 2.42. The molecule has 0 spiro atoms. The second kappa shape index (κ2) is 6.89. The Morgan fingerprint density at radius 2 is 2.08 bits per heavy atom. The second-order valence-corrected chi connectivity index (χ2v) is 8.01. The molecular formula is C20H20N2O2S. The van der Waals surface area contributed by atoms with Gasteiger partial charge in [0.1, 0.15) is 5.69 Å². The smallest absolute Gasteiger partial charge is 0.309 e. The highest BCUT2D eigenvalue weighted by molar-refractivity contribution is 7.99. The maximum Gasteiger partial charge on any atom is 0.309 e. The summed E-state index contributed by atoms with van der Waals surface area (Å²) in [5.74, 6) is 6.48. The number of thioether (sulfide) groups is 1. The first-order valence-corrected chi connectivity index (χ1v) is 9.18. The zero-order chi connectivity index (χ0) is 18.0. The quantitative estimate of drug-likeness (QED) is 0.837. The van der Waals surface area contributed by atoms with Crippen molar-refractivity contribution in [3.63, 3.8) is 0 Å². The summed E-state index contributed by atoms with van der Waals surface area (Å²) in [6.07, 6.45) is 1.04. The number of rotatable bonds is 2. The molecular weight excluding hydrogens is 332 g/mol. The molecule has 4 nitrogen and oxygen atoms in total. The highest BCUT2D eigenvalue weighted by Gasteiger charge is 2.28. The van der Waals surface area contributed by atoms with Gasteiger partial charge >= 0.3 is 5.97 Å². The van der Waals surface area contributed by atoms with Crippen molar-refractivity contribution in [3.05, 3.63) is 52.3 Å². The van der Waals surface area contributed by atoms with Gasteiger partial charge < -0.3 is 5.11 Å². The molecule has 1 aliphatic heterocycles. The number of hydrogen-bond donors (Lipinski definition) is 1. The Morgan fingerprint density at radius 3 is 2.76 bits per heavy atom. The fraction of sp³-hybridized carbons (Fsp3) is 0.350. The lowest BCUT2D eigenvalue weighted by Gasteiger charge is -2.32. The normalized spacial score (nSPS) is 15.0. The van der Waals surface area contributed by atoms with Gasteiger partial charge in [-0.05, 0) is 65.8 Å². The summed E-state index contributed by atoms with van der Waals surface area (Å²) in [7, 11) is 0. The van der Waals surface area contributed by atoms with Gasteiger partial charge in [0.25, 0.3) is 0 Å². The van der Waals surface area contributed by atoms with Crippen LogP contribution < -0.4 is 0 Å². The summed E-state index contributed by atoms with van der Waals surface area (Å²) in [5.41, 5.74) is 4.67. The number of carboxylic acids is 1. The number of hydrogen-bond acceptors (Lipinski definition) is 4. The van der Waals surface area contributed by atoms with Crippen LogP contribution >= 0.6 is 11.8 Å². The molecule has 0 saturated heterocycles. The Bertz CT molecular complexity index is 877. The minimum Gasteiger partial charge on any atom is -0.481 e. The van der Waals surface area contributed by atoms with Crippen molar-refractivity contribution in [3.8, 4) is 11.8 Å². The standard InChI is InChI=1S/C20H20N2O2S/c1-13-10-18-17(20(2,3)8-9-25-18)11-14(13)4-5-15-6-7-16(22-21-15)12-19(23)24/h6-7,10-11H,8-9,12H2,1-3H3,(H,23,24). The number of carboxylic acid groups (broad SMARTS) is 1. The van der Waals surface area contributed by atoms with Crippen molar-refractivity contribution >= 4 is 17.7 Å². The molecule has 0 aliphatic carbocycles. The van der Waals surface area contributed by atoms with Gasteiger partial charge in [0.05, 0.1) is 12.1 Å². The van der Waals surface area contributed by atoms with E-state index >= 15 is 0 Å². The molecule has 2 aromatic rings. The molecule has 3 rings (SSSR count). The van der Waals surface area contributed by atoms with E-state index in [0.717, 1.165) is 23.3 Å². The van der Waals surface area contributed by atoms with Crippen LogP contribution in [0, 0.1) is 18.8 Å². The zero-order valence-corrected chi connectivity index (χ0v) is 15.4. The minimum absolute atomic E-state index is 0.128. The van der Waals surface area contributed by atoms with Gasteiger partial charge in [-0.25, -0.2) is 0 Å². The monoisotopic (exact) mass is 352 g/mol. The Labute approximate surface area is 152 Å². The van der Waals surface area contributed by atoms with Gasteiger partial charge in [-0.1, -0.05) is 19.8 Å². The van der Waals surface area contributed by atoms with Crippen LogP contribution in [0.4, 0.5) is 0 Å². The lowest BCUT2D eigenvalue weighted by atomic mass is 9.80. The van der Waals surface area contributed by atoms with Crippen LogP contribution in [0.3, 0.4) is 0 Å². The van der Waals surface area contributed by atoms with Crippen molar-refractivity contribution in [2.45, 2.75) is 43.9 Å². The third-order valence-electron chi connectivity index (χ3n) is 4.42. The third kappa shape index (κ3) is 4.02. The molecule has 0 atom stereocenters. The summed E-state index contributed by atoms with van der Waals surface area (Å²) in [6.45, 7) is 6.64. The average Bonchev–Trinajstić information content (AvgIpc) is 2.54. The largest absolute Gasteiger partial charge is 0.481 e. The lowest BCUT2D eigenvalue weighted by molar-refractivity contribution is -0.136. The Balaban J connectivity index is 1.89. The summed E-state index contributed by atoms with van der Waals surface area (Å²) in [4.78, 5) is 12.0. The van der Waals surface area contributed by atoms with E-state index in [9.17, 15) is 4.79 Å². The molecule has 0 saturated carbocycles. The number of fused-ring (bicyclic) bond motifs is 1. The van der Waals surface area contributed by atoms with E-state index in [1.807, 2.05) is 11.8 Å². The fourth-order valence-corrected chi connectivity index (χ4v) is 4.41. The molecule has 1 aliphatic rings. The van der Waals surface area contributed by atoms with E-state index in [1.165, 1.54) is 10.5 Å². The van der Waals surface area contributed by atoms with Crippen LogP contribution in [0.15, 0.2) is 29.2 Å². The maximum absolute atomic E-state index is 10.7. The second-order valence-electron chi connectivity index (χ2n) is 6.88. The van der Waals surface area contributed by atoms with Gasteiger partial charge in [0.15, 0.2) is 0 Å². The van der Waals surface area contributed by atoms with Crippen LogP contribution in [-0.2, 0) is 16.6 Å². The first-order chi connectivity index (χ1) is 11.8. The van der Waals surface area contributed by atoms with Gasteiger partial charge in [-0.2, -0.15) is 5.10 Å². The molecule has 128 valence electrons. The molecule has 0 fully saturated rings. The number of aromatic nitrogens is 2. The maximum atomic E-state index is 10.7. The van der Waals surface area contributed by atoms with E-state index in [4.69, 9.17) is 5.11 Å². The summed E-state index contributed by atoms with van der Waals surface area (Å²) >= 11 is 1.92. The highest BCUT2D eigenvalue weighted by atomic mass is 32.2. The summed E-state index contributed by atoms with van der Waals surface area (Å²) < 4.78 is 0. The molecule has 0 amide bonds. The van der Waals surface area contributed by atoms with Gasteiger partial charge in [-0.15, -0.1) is 16.9 Å². The Morgan fingerprint density at radius 1 is 1.28 bits per heavy atom. The predicted molar refractivity (Wildman–Crippen MR) is 98.9 cm³/mol. The van der Waals surface area contributed by atoms with E-state index < -0.39 is 5.97 Å². The predicted octanol–water partition coefficient (Wildman–Crippen LogP) is 3.59. The molecule has 0 bridgehead atoms. The van der Waals surface area contributed by atoms with Crippen LogP contribution in [0.25, 0.3) is 0 Å². The number of aryl methyl sites for hydroxylation is 1. The van der Waals surface area contributed by atoms with Crippen molar-refractivity contribution in [1.29, 1.82) is 0 Å². The molecule has 1 aromatic carbocycles. The number of aliphatic carboxylic acids is 1. The molecule has 25 heavy (non-hydrogen) atoms. The van der Waals surface area contributed by atoms with Crippen LogP contribution in [0.1, 0.15) is 48.3 Å². The first-order valence-electron chi connectivity index (χ1n) is 8.19. The average molecular weight is 352 g/mol. The molecule has 0 radical (unpaired) electrons. The van der Waals surface area contributed by atoms with Crippen LogP contribution in [0.5, 0.6) is 0 Å². The Kier molecular flexibility index (Phi) is 4.82. The van der Waals surface area contributed by atoms with E-state index in [-0.39, 0.29) is 11.8 Å². The molecule has 5 heteroatoms. The lowest BCUT2D eigenvalue weighted by Crippen LogP contribution is -2.23. The van der Waals surface area contributed by atoms with Crippen molar-refractivity contribution in [1.82, 2.24) is 10.2 Å². The van der Waals surface area contributed by atoms with Crippen molar-refractivity contribution in [2.24, 2.45) is 0 Å². The Hall–Kier alpha value is -2.32. The van der Waals surface area contributed by atoms with Crippen molar-refractivity contribution < 1.29 is 9.90 Å². The SMILES string of the molecule is Cc1cc2c(cc1C#Cc1ccc(CC(=O)O)nn1)C(C)(C)CCS2. The molecule has 1 aromatic heterocycles. The summed E-state index contributed by atoms with van der Waals surface area (Å²) in [5, 5.41) is 16.7. The zero-order valence-electron chi connectivity index (χ0n) is 14.6. The van der Waals surface area contributed by atoms with Crippen LogP contribution in [0.2, 0.25) is 0 Å². The molecule has 0 unspecified atom stereocenters. The number of carbonyl (C=O) groups is 1.